The van der Waals surface area contributed by atoms with Crippen LogP contribution in [0.2, 0.25) is 0 Å². The largest absolute Gasteiger partial charge is 0.450 e. The van der Waals surface area contributed by atoms with Gasteiger partial charge in [0.1, 0.15) is 0 Å². The van der Waals surface area contributed by atoms with Crippen LogP contribution in [0, 0.1) is 23.4 Å². The highest BCUT2D eigenvalue weighted by atomic mass is 19.2. The first-order chi connectivity index (χ1) is 15.3. The smallest absolute Gasteiger partial charge is 0.201 e. The van der Waals surface area contributed by atoms with Crippen molar-refractivity contribution in [2.24, 2.45) is 5.92 Å². The van der Waals surface area contributed by atoms with Crippen molar-refractivity contribution in [3.8, 4) is 11.5 Å². The molecule has 6 heteroatoms. The van der Waals surface area contributed by atoms with Gasteiger partial charge in [-0.05, 0) is 62.1 Å². The molecule has 1 aliphatic rings. The molecular weight excluding hydrogens is 420 g/mol. The van der Waals surface area contributed by atoms with Crippen molar-refractivity contribution in [2.75, 3.05) is 13.3 Å². The van der Waals surface area contributed by atoms with Crippen LogP contribution in [0.15, 0.2) is 18.2 Å². The third-order valence-corrected chi connectivity index (χ3v) is 5.99. The van der Waals surface area contributed by atoms with Crippen molar-refractivity contribution in [1.29, 1.82) is 0 Å². The predicted molar refractivity (Wildman–Crippen MR) is 118 cm³/mol. The first kappa shape index (κ1) is 24.6. The highest BCUT2D eigenvalue weighted by molar-refractivity contribution is 5.53. The standard InChI is InChI=1S/C26H32F4O2/c1-4-6-19-13-21-14-20-11-10-18(9-8-17(3)31-15-16(2)7-5-12-27)23(29)25(20)32-26(21)24(30)22(19)28/h10-11,13,16-17H,4-9,12,14-15H2,1-3H3. The van der Waals surface area contributed by atoms with Gasteiger partial charge in [0, 0.05) is 24.2 Å². The molecule has 2 aromatic rings. The normalized spacial score (nSPS) is 14.5. The molecule has 2 atom stereocenters. The van der Waals surface area contributed by atoms with Gasteiger partial charge < -0.3 is 9.47 Å². The Bertz CT molecular complexity index is 929. The van der Waals surface area contributed by atoms with Crippen molar-refractivity contribution in [3.05, 3.63) is 57.9 Å². The Morgan fingerprint density at radius 2 is 1.69 bits per heavy atom. The Labute approximate surface area is 187 Å². The van der Waals surface area contributed by atoms with Crippen LogP contribution >= 0.6 is 0 Å². The summed E-state index contributed by atoms with van der Waals surface area (Å²) in [6, 6.07) is 5.15. The van der Waals surface area contributed by atoms with Crippen molar-refractivity contribution < 1.29 is 27.0 Å². The lowest BCUT2D eigenvalue weighted by atomic mass is 9.94. The summed E-state index contributed by atoms with van der Waals surface area (Å²) in [4.78, 5) is 0. The van der Waals surface area contributed by atoms with Gasteiger partial charge in [-0.1, -0.05) is 32.4 Å². The zero-order valence-corrected chi connectivity index (χ0v) is 19.1. The predicted octanol–water partition coefficient (Wildman–Crippen LogP) is 7.48. The van der Waals surface area contributed by atoms with Crippen LogP contribution < -0.4 is 4.74 Å². The number of hydrogen-bond acceptors (Lipinski definition) is 2. The van der Waals surface area contributed by atoms with Gasteiger partial charge in [-0.15, -0.1) is 0 Å². The van der Waals surface area contributed by atoms with Crippen molar-refractivity contribution in [1.82, 2.24) is 0 Å². The maximum Gasteiger partial charge on any atom is 0.201 e. The Morgan fingerprint density at radius 3 is 2.41 bits per heavy atom. The molecule has 0 aromatic heterocycles. The molecular formula is C26H32F4O2. The molecule has 0 saturated carbocycles. The summed E-state index contributed by atoms with van der Waals surface area (Å²) >= 11 is 0. The van der Waals surface area contributed by atoms with E-state index in [0.717, 1.165) is 6.42 Å². The van der Waals surface area contributed by atoms with Crippen molar-refractivity contribution in [3.63, 3.8) is 0 Å². The molecule has 0 fully saturated rings. The van der Waals surface area contributed by atoms with E-state index in [2.05, 4.69) is 0 Å². The Balaban J connectivity index is 1.67. The molecule has 176 valence electrons. The first-order valence-corrected chi connectivity index (χ1v) is 11.5. The number of alkyl halides is 1. The van der Waals surface area contributed by atoms with Gasteiger partial charge in [0.25, 0.3) is 0 Å². The molecule has 0 saturated heterocycles. The van der Waals surface area contributed by atoms with Crippen molar-refractivity contribution >= 4 is 0 Å². The Morgan fingerprint density at radius 1 is 0.938 bits per heavy atom. The molecule has 2 unspecified atom stereocenters. The number of benzene rings is 2. The molecule has 1 heterocycles. The first-order valence-electron chi connectivity index (χ1n) is 11.5. The average Bonchev–Trinajstić information content (AvgIpc) is 2.78. The van der Waals surface area contributed by atoms with Gasteiger partial charge in [-0.2, -0.15) is 4.39 Å². The highest BCUT2D eigenvalue weighted by Crippen LogP contribution is 2.42. The quantitative estimate of drug-likeness (QED) is 0.281. The van der Waals surface area contributed by atoms with E-state index >= 15 is 4.39 Å². The van der Waals surface area contributed by atoms with E-state index in [9.17, 15) is 13.2 Å². The number of fused-ring (bicyclic) bond motifs is 2. The van der Waals surface area contributed by atoms with Gasteiger partial charge in [-0.25, -0.2) is 8.78 Å². The summed E-state index contributed by atoms with van der Waals surface area (Å²) in [5.74, 6) is -2.47. The lowest BCUT2D eigenvalue weighted by molar-refractivity contribution is 0.0366. The summed E-state index contributed by atoms with van der Waals surface area (Å²) in [5.41, 5.74) is 1.94. The highest BCUT2D eigenvalue weighted by Gasteiger charge is 2.28. The van der Waals surface area contributed by atoms with Crippen LogP contribution in [0.5, 0.6) is 11.5 Å². The molecule has 0 spiro atoms. The van der Waals surface area contributed by atoms with Crippen LogP contribution in [-0.4, -0.2) is 19.4 Å². The summed E-state index contributed by atoms with van der Waals surface area (Å²) in [5, 5.41) is 0. The van der Waals surface area contributed by atoms with E-state index in [1.807, 2.05) is 20.8 Å². The molecule has 2 aromatic carbocycles. The van der Waals surface area contributed by atoms with Crippen LogP contribution in [0.3, 0.4) is 0 Å². The summed E-state index contributed by atoms with van der Waals surface area (Å²) in [6.07, 6.45) is 3.70. The monoisotopic (exact) mass is 452 g/mol. The SMILES string of the molecule is CCCc1cc2c(c(F)c1F)Oc1c(ccc(CCC(C)OCC(C)CCCF)c1F)C2. The van der Waals surface area contributed by atoms with Crippen LogP contribution in [0.4, 0.5) is 17.6 Å². The van der Waals surface area contributed by atoms with E-state index in [1.54, 1.807) is 18.2 Å². The van der Waals surface area contributed by atoms with Crippen LogP contribution in [0.1, 0.15) is 68.7 Å². The molecule has 32 heavy (non-hydrogen) atoms. The van der Waals surface area contributed by atoms with Crippen LogP contribution in [-0.2, 0) is 24.0 Å². The van der Waals surface area contributed by atoms with E-state index in [4.69, 9.17) is 9.47 Å². The minimum absolute atomic E-state index is 0.0232. The van der Waals surface area contributed by atoms with Gasteiger partial charge in [0.15, 0.2) is 23.1 Å². The maximum atomic E-state index is 15.2. The summed E-state index contributed by atoms with van der Waals surface area (Å²) in [7, 11) is 0. The topological polar surface area (TPSA) is 18.5 Å². The number of rotatable bonds is 11. The summed E-state index contributed by atoms with van der Waals surface area (Å²) in [6.45, 7) is 6.07. The van der Waals surface area contributed by atoms with Gasteiger partial charge in [0.05, 0.1) is 12.8 Å². The molecule has 0 N–H and O–H groups in total. The molecule has 0 bridgehead atoms. The van der Waals surface area contributed by atoms with E-state index in [0.29, 0.717) is 67.4 Å². The van der Waals surface area contributed by atoms with Gasteiger partial charge in [-0.3, -0.25) is 4.39 Å². The van der Waals surface area contributed by atoms with Gasteiger partial charge >= 0.3 is 0 Å². The summed E-state index contributed by atoms with van der Waals surface area (Å²) < 4.78 is 67.8. The maximum absolute atomic E-state index is 15.2. The zero-order valence-electron chi connectivity index (χ0n) is 19.1. The number of halogens is 4. The molecule has 1 aliphatic heterocycles. The minimum atomic E-state index is -1.05. The Kier molecular flexibility index (Phi) is 8.57. The second-order valence-electron chi connectivity index (χ2n) is 8.83. The zero-order chi connectivity index (χ0) is 23.3. The second kappa shape index (κ2) is 11.2. The number of ether oxygens (including phenoxy) is 2. The molecule has 2 nitrogen and oxygen atoms in total. The fourth-order valence-corrected chi connectivity index (χ4v) is 4.08. The molecule has 0 amide bonds. The molecule has 0 aliphatic carbocycles. The third kappa shape index (κ3) is 5.64. The Hall–Kier alpha value is -2.08. The van der Waals surface area contributed by atoms with E-state index < -0.39 is 17.5 Å². The molecule has 3 rings (SSSR count). The number of aryl methyl sites for hydroxylation is 2. The lowest BCUT2D eigenvalue weighted by Crippen LogP contribution is -2.16. The van der Waals surface area contributed by atoms with Crippen LogP contribution in [0.25, 0.3) is 0 Å². The number of hydrogen-bond donors (Lipinski definition) is 0. The molecule has 0 radical (unpaired) electrons. The van der Waals surface area contributed by atoms with E-state index in [1.165, 1.54) is 0 Å². The van der Waals surface area contributed by atoms with Gasteiger partial charge in [0.2, 0.25) is 5.82 Å². The lowest BCUT2D eigenvalue weighted by Gasteiger charge is -2.23. The van der Waals surface area contributed by atoms with Crippen molar-refractivity contribution in [2.45, 2.75) is 71.8 Å². The fourth-order valence-electron chi connectivity index (χ4n) is 4.08. The van der Waals surface area contributed by atoms with E-state index in [-0.39, 0.29) is 30.2 Å². The second-order valence-corrected chi connectivity index (χ2v) is 8.83. The third-order valence-electron chi connectivity index (χ3n) is 5.99. The average molecular weight is 453 g/mol. The minimum Gasteiger partial charge on any atom is -0.450 e. The fraction of sp³-hybridized carbons (Fsp3) is 0.538.